The van der Waals surface area contributed by atoms with Crippen LogP contribution in [0.1, 0.15) is 133 Å². The minimum absolute atomic E-state index is 0.00185. The maximum absolute atomic E-state index is 12.8. The quantitative estimate of drug-likeness (QED) is 0.371. The molecule has 8 nitrogen and oxygen atoms in total. The number of piperidine rings is 3. The second-order valence-corrected chi connectivity index (χ2v) is 16.7. The summed E-state index contributed by atoms with van der Waals surface area (Å²) in [6.45, 7) is 23.9. The summed E-state index contributed by atoms with van der Waals surface area (Å²) in [4.78, 5) is 51.9. The molecule has 4 amide bonds. The molecule has 0 unspecified atom stereocenters. The van der Waals surface area contributed by atoms with E-state index in [9.17, 15) is 28.0 Å². The Bertz CT molecular complexity index is 942. The topological polar surface area (TPSA) is 90.0 Å². The first kappa shape index (κ1) is 40.8. The maximum atomic E-state index is 12.8. The zero-order valence-corrected chi connectivity index (χ0v) is 30.1. The molecule has 0 aliphatic carbocycles. The highest BCUT2D eigenvalue weighted by Crippen LogP contribution is 2.29. The molecular formula is C35H64F2N4O4. The van der Waals surface area contributed by atoms with Crippen LogP contribution in [-0.4, -0.2) is 89.6 Å². The molecule has 10 heteroatoms. The SMILES string of the molecule is CC(=O)NC1CCN(C(=O)CC(C)(C)C)CC1.CC(C)(C)CC(=O)N1CCC(F)(F)CC1.CC(C)(C)CC(=O)N1CCCCC1. The second-order valence-electron chi connectivity index (χ2n) is 16.7. The summed E-state index contributed by atoms with van der Waals surface area (Å²) in [6.07, 6.45) is 6.74. The lowest BCUT2D eigenvalue weighted by molar-refractivity contribution is -0.139. The number of hydrogen-bond donors (Lipinski definition) is 1. The molecule has 3 aliphatic rings. The van der Waals surface area contributed by atoms with E-state index in [2.05, 4.69) is 46.9 Å². The van der Waals surface area contributed by atoms with Crippen molar-refractivity contribution in [2.24, 2.45) is 16.2 Å². The van der Waals surface area contributed by atoms with E-state index in [4.69, 9.17) is 0 Å². The minimum Gasteiger partial charge on any atom is -0.353 e. The summed E-state index contributed by atoms with van der Waals surface area (Å²) in [5.74, 6) is -1.98. The van der Waals surface area contributed by atoms with Gasteiger partial charge in [-0.1, -0.05) is 62.3 Å². The van der Waals surface area contributed by atoms with Gasteiger partial charge in [0.05, 0.1) is 0 Å². The third kappa shape index (κ3) is 19.1. The van der Waals surface area contributed by atoms with Crippen LogP contribution in [0.5, 0.6) is 0 Å². The molecule has 0 radical (unpaired) electrons. The monoisotopic (exact) mass is 642 g/mol. The zero-order chi connectivity index (χ0) is 34.6. The number of hydrogen-bond acceptors (Lipinski definition) is 4. The molecule has 3 rings (SSSR count). The molecule has 0 spiro atoms. The first-order chi connectivity index (χ1) is 20.5. The number of nitrogens with one attached hydrogen (secondary N) is 1. The van der Waals surface area contributed by atoms with Gasteiger partial charge in [-0.05, 0) is 48.3 Å². The molecule has 1 N–H and O–H groups in total. The predicted molar refractivity (Wildman–Crippen MR) is 177 cm³/mol. The van der Waals surface area contributed by atoms with E-state index in [-0.39, 0.29) is 65.9 Å². The van der Waals surface area contributed by atoms with Crippen LogP contribution in [-0.2, 0) is 19.2 Å². The molecule has 3 saturated heterocycles. The molecule has 0 saturated carbocycles. The normalized spacial score (nSPS) is 19.4. The Balaban J connectivity index is 0.000000341. The zero-order valence-electron chi connectivity index (χ0n) is 30.1. The Kier molecular flexibility index (Phi) is 15.9. The molecule has 262 valence electrons. The van der Waals surface area contributed by atoms with Gasteiger partial charge in [0, 0.05) is 84.3 Å². The first-order valence-corrected chi connectivity index (χ1v) is 16.9. The van der Waals surface area contributed by atoms with Gasteiger partial charge in [0.1, 0.15) is 0 Å². The van der Waals surface area contributed by atoms with Crippen molar-refractivity contribution in [3.05, 3.63) is 0 Å². The Hall–Kier alpha value is -2.26. The minimum atomic E-state index is -2.57. The molecule has 3 aliphatic heterocycles. The van der Waals surface area contributed by atoms with Crippen LogP contribution in [0.3, 0.4) is 0 Å². The van der Waals surface area contributed by atoms with Crippen molar-refractivity contribution in [3.63, 3.8) is 0 Å². The lowest BCUT2D eigenvalue weighted by atomic mass is 9.91. The van der Waals surface area contributed by atoms with Crippen molar-refractivity contribution in [3.8, 4) is 0 Å². The number of alkyl halides is 2. The lowest BCUT2D eigenvalue weighted by Crippen LogP contribution is -2.46. The van der Waals surface area contributed by atoms with Gasteiger partial charge < -0.3 is 20.0 Å². The molecule has 0 bridgehead atoms. The first-order valence-electron chi connectivity index (χ1n) is 16.9. The van der Waals surface area contributed by atoms with Crippen molar-refractivity contribution in [2.45, 2.75) is 145 Å². The van der Waals surface area contributed by atoms with Gasteiger partial charge >= 0.3 is 0 Å². The number of halogens is 2. The van der Waals surface area contributed by atoms with Gasteiger partial charge in [-0.3, -0.25) is 19.2 Å². The Morgan fingerprint density at radius 1 is 0.600 bits per heavy atom. The summed E-state index contributed by atoms with van der Waals surface area (Å²) in [5.41, 5.74) is 0.108. The van der Waals surface area contributed by atoms with Crippen LogP contribution in [0.2, 0.25) is 0 Å². The smallest absolute Gasteiger partial charge is 0.251 e. The van der Waals surface area contributed by atoms with Crippen LogP contribution in [0.15, 0.2) is 0 Å². The van der Waals surface area contributed by atoms with Crippen molar-refractivity contribution >= 4 is 23.6 Å². The highest BCUT2D eigenvalue weighted by molar-refractivity contribution is 5.78. The van der Waals surface area contributed by atoms with E-state index in [0.717, 1.165) is 39.0 Å². The fourth-order valence-electron chi connectivity index (χ4n) is 5.48. The number of carbonyl (C=O) groups is 4. The second kappa shape index (κ2) is 17.6. The molecule has 0 atom stereocenters. The Morgan fingerprint density at radius 2 is 0.933 bits per heavy atom. The molecular weight excluding hydrogens is 578 g/mol. The van der Waals surface area contributed by atoms with E-state index in [1.807, 2.05) is 30.6 Å². The largest absolute Gasteiger partial charge is 0.353 e. The van der Waals surface area contributed by atoms with Gasteiger partial charge in [0.15, 0.2) is 0 Å². The van der Waals surface area contributed by atoms with E-state index >= 15 is 0 Å². The maximum Gasteiger partial charge on any atom is 0.251 e. The highest BCUT2D eigenvalue weighted by atomic mass is 19.3. The van der Waals surface area contributed by atoms with Crippen molar-refractivity contribution in [2.75, 3.05) is 39.3 Å². The van der Waals surface area contributed by atoms with E-state index in [0.29, 0.717) is 25.2 Å². The van der Waals surface area contributed by atoms with Gasteiger partial charge in [0.2, 0.25) is 23.6 Å². The number of amides is 4. The Labute approximate surface area is 272 Å². The molecule has 0 aromatic rings. The Morgan fingerprint density at radius 3 is 1.27 bits per heavy atom. The van der Waals surface area contributed by atoms with E-state index in [1.165, 1.54) is 26.2 Å². The van der Waals surface area contributed by atoms with Crippen LogP contribution < -0.4 is 5.32 Å². The average Bonchev–Trinajstić information content (AvgIpc) is 2.87. The summed E-state index contributed by atoms with van der Waals surface area (Å²) < 4.78 is 25.7. The summed E-state index contributed by atoms with van der Waals surface area (Å²) >= 11 is 0. The standard InChI is InChI=1S/C13H24N2O2.C11H19F2NO.C11H21NO/c1-10(16)14-11-5-7-15(8-6-11)12(17)9-13(2,3)4;1-10(2,3)8-9(15)14-6-4-11(12,13)5-7-14;1-11(2,3)9-10(13)12-7-5-4-6-8-12/h11H,5-9H2,1-4H3,(H,14,16);4-8H2,1-3H3;4-9H2,1-3H3. The van der Waals surface area contributed by atoms with Gasteiger partial charge in [-0.2, -0.15) is 0 Å². The summed E-state index contributed by atoms with van der Waals surface area (Å²) in [5, 5.41) is 2.91. The van der Waals surface area contributed by atoms with Crippen molar-refractivity contribution in [1.29, 1.82) is 0 Å². The average molecular weight is 643 g/mol. The molecule has 3 fully saturated rings. The van der Waals surface area contributed by atoms with Crippen LogP contribution >= 0.6 is 0 Å². The number of rotatable bonds is 4. The molecule has 45 heavy (non-hydrogen) atoms. The van der Waals surface area contributed by atoms with E-state index in [1.54, 1.807) is 4.90 Å². The highest BCUT2D eigenvalue weighted by Gasteiger charge is 2.36. The van der Waals surface area contributed by atoms with Gasteiger partial charge in [-0.25, -0.2) is 8.78 Å². The third-order valence-corrected chi connectivity index (χ3v) is 7.86. The van der Waals surface area contributed by atoms with Crippen LogP contribution in [0.4, 0.5) is 8.78 Å². The van der Waals surface area contributed by atoms with Gasteiger partial charge in [-0.15, -0.1) is 0 Å². The predicted octanol–water partition coefficient (Wildman–Crippen LogP) is 6.67. The molecule has 3 heterocycles. The fraction of sp³-hybridized carbons (Fsp3) is 0.886. The summed E-state index contributed by atoms with van der Waals surface area (Å²) in [6, 6.07) is 0.242. The molecule has 0 aromatic heterocycles. The molecule has 0 aromatic carbocycles. The number of carbonyl (C=O) groups excluding carboxylic acids is 4. The van der Waals surface area contributed by atoms with Crippen molar-refractivity contribution < 1.29 is 28.0 Å². The van der Waals surface area contributed by atoms with Crippen LogP contribution in [0.25, 0.3) is 0 Å². The van der Waals surface area contributed by atoms with Crippen molar-refractivity contribution in [1.82, 2.24) is 20.0 Å². The van der Waals surface area contributed by atoms with E-state index < -0.39 is 5.92 Å². The summed E-state index contributed by atoms with van der Waals surface area (Å²) in [7, 11) is 0. The number of likely N-dealkylation sites (tertiary alicyclic amines) is 3. The van der Waals surface area contributed by atoms with Gasteiger partial charge in [0.25, 0.3) is 5.92 Å². The fourth-order valence-corrected chi connectivity index (χ4v) is 5.48. The lowest BCUT2D eigenvalue weighted by Gasteiger charge is -2.33. The third-order valence-electron chi connectivity index (χ3n) is 7.86. The number of nitrogens with zero attached hydrogens (tertiary/aromatic N) is 3. The van der Waals surface area contributed by atoms with Crippen LogP contribution in [0, 0.1) is 16.2 Å².